The van der Waals surface area contributed by atoms with Crippen molar-refractivity contribution >= 4 is 5.78 Å². The van der Waals surface area contributed by atoms with Crippen molar-refractivity contribution in [2.75, 3.05) is 13.6 Å². The maximum atomic E-state index is 11.4. The van der Waals surface area contributed by atoms with Gasteiger partial charge >= 0.3 is 0 Å². The second-order valence-corrected chi connectivity index (χ2v) is 4.64. The van der Waals surface area contributed by atoms with Crippen molar-refractivity contribution in [1.29, 1.82) is 0 Å². The number of ketones is 1. The van der Waals surface area contributed by atoms with E-state index < -0.39 is 0 Å². The van der Waals surface area contributed by atoms with Gasteiger partial charge in [0.15, 0.2) is 0 Å². The quantitative estimate of drug-likeness (QED) is 0.729. The molecule has 1 fully saturated rings. The molecule has 0 aromatic rings. The fourth-order valence-electron chi connectivity index (χ4n) is 2.41. The van der Waals surface area contributed by atoms with Crippen molar-refractivity contribution in [1.82, 2.24) is 4.90 Å². The molecule has 3 nitrogen and oxygen atoms in total. The molecule has 1 saturated heterocycles. The van der Waals surface area contributed by atoms with E-state index in [9.17, 15) is 4.79 Å². The lowest BCUT2D eigenvalue weighted by Gasteiger charge is -2.17. The van der Waals surface area contributed by atoms with E-state index >= 15 is 0 Å². The van der Waals surface area contributed by atoms with Crippen molar-refractivity contribution in [3.63, 3.8) is 0 Å². The third-order valence-corrected chi connectivity index (χ3v) is 3.27. The van der Waals surface area contributed by atoms with E-state index in [-0.39, 0.29) is 17.9 Å². The van der Waals surface area contributed by atoms with Crippen LogP contribution in [0.2, 0.25) is 0 Å². The Bertz CT molecular complexity index is 333. The van der Waals surface area contributed by atoms with Crippen LogP contribution in [-0.2, 0) is 9.53 Å². The highest BCUT2D eigenvalue weighted by Crippen LogP contribution is 2.24. The molecule has 88 valence electrons. The normalized spacial score (nSPS) is 30.2. The molecule has 0 saturated carbocycles. The number of rotatable bonds is 3. The van der Waals surface area contributed by atoms with Crippen LogP contribution in [0, 0.1) is 0 Å². The first-order chi connectivity index (χ1) is 7.66. The number of carbonyl (C=O) groups is 1. The minimum atomic E-state index is 0.0460. The zero-order valence-corrected chi connectivity index (χ0v) is 9.98. The summed E-state index contributed by atoms with van der Waals surface area (Å²) in [7, 11) is 1.99. The SMILES string of the molecule is CC(=O)C1CC(OC2=CC=CCC2)CN1C. The second kappa shape index (κ2) is 4.83. The number of likely N-dealkylation sites (N-methyl/N-ethyl adjacent to an activating group) is 1. The predicted molar refractivity (Wildman–Crippen MR) is 63.0 cm³/mol. The van der Waals surface area contributed by atoms with Crippen molar-refractivity contribution in [3.8, 4) is 0 Å². The summed E-state index contributed by atoms with van der Waals surface area (Å²) < 4.78 is 5.92. The number of carbonyl (C=O) groups excluding carboxylic acids is 1. The van der Waals surface area contributed by atoms with Crippen LogP contribution < -0.4 is 0 Å². The monoisotopic (exact) mass is 221 g/mol. The molecule has 0 spiro atoms. The molecule has 1 aliphatic heterocycles. The first-order valence-electron chi connectivity index (χ1n) is 5.90. The summed E-state index contributed by atoms with van der Waals surface area (Å²) in [5.41, 5.74) is 0. The highest BCUT2D eigenvalue weighted by atomic mass is 16.5. The van der Waals surface area contributed by atoms with Crippen LogP contribution in [0.15, 0.2) is 24.0 Å². The number of hydrogen-bond donors (Lipinski definition) is 0. The Morgan fingerprint density at radius 2 is 2.38 bits per heavy atom. The van der Waals surface area contributed by atoms with Crippen LogP contribution in [0.1, 0.15) is 26.2 Å². The molecule has 0 aromatic carbocycles. The van der Waals surface area contributed by atoms with Gasteiger partial charge in [-0.3, -0.25) is 9.69 Å². The Labute approximate surface area is 96.8 Å². The van der Waals surface area contributed by atoms with Crippen LogP contribution in [-0.4, -0.2) is 36.4 Å². The summed E-state index contributed by atoms with van der Waals surface area (Å²) in [6, 6.07) is 0.0460. The van der Waals surface area contributed by atoms with Crippen LogP contribution in [0.5, 0.6) is 0 Å². The molecule has 0 N–H and O–H groups in total. The fourth-order valence-corrected chi connectivity index (χ4v) is 2.41. The first kappa shape index (κ1) is 11.4. The van der Waals surface area contributed by atoms with Gasteiger partial charge in [-0.05, 0) is 26.5 Å². The van der Waals surface area contributed by atoms with Crippen molar-refractivity contribution in [3.05, 3.63) is 24.0 Å². The maximum Gasteiger partial charge on any atom is 0.147 e. The highest BCUT2D eigenvalue weighted by molar-refractivity contribution is 5.81. The first-order valence-corrected chi connectivity index (χ1v) is 5.90. The van der Waals surface area contributed by atoms with E-state index in [1.807, 2.05) is 19.2 Å². The van der Waals surface area contributed by atoms with Crippen molar-refractivity contribution in [2.45, 2.75) is 38.3 Å². The molecule has 1 heterocycles. The molecule has 2 aliphatic rings. The van der Waals surface area contributed by atoms with Gasteiger partial charge in [0, 0.05) is 19.4 Å². The summed E-state index contributed by atoms with van der Waals surface area (Å²) in [6.45, 7) is 2.51. The highest BCUT2D eigenvalue weighted by Gasteiger charge is 2.33. The number of likely N-dealkylation sites (tertiary alicyclic amines) is 1. The van der Waals surface area contributed by atoms with E-state index in [0.717, 1.165) is 31.6 Å². The van der Waals surface area contributed by atoms with Gasteiger partial charge in [-0.25, -0.2) is 0 Å². The molecule has 2 unspecified atom stereocenters. The van der Waals surface area contributed by atoms with Crippen LogP contribution in [0.4, 0.5) is 0 Å². The molecule has 2 atom stereocenters. The fraction of sp³-hybridized carbons (Fsp3) is 0.615. The third kappa shape index (κ3) is 2.53. The van der Waals surface area contributed by atoms with Gasteiger partial charge in [-0.1, -0.05) is 12.2 Å². The van der Waals surface area contributed by atoms with Crippen LogP contribution >= 0.6 is 0 Å². The molecule has 0 aromatic heterocycles. The lowest BCUT2D eigenvalue weighted by Crippen LogP contribution is -2.30. The standard InChI is InChI=1S/C13H19NO2/c1-10(15)13-8-12(9-14(13)2)16-11-6-4-3-5-7-11/h3-4,6,12-13H,5,7-9H2,1-2H3. The van der Waals surface area contributed by atoms with Gasteiger partial charge in [0.2, 0.25) is 0 Å². The largest absolute Gasteiger partial charge is 0.493 e. The summed E-state index contributed by atoms with van der Waals surface area (Å²) in [5, 5.41) is 0. The molecular weight excluding hydrogens is 202 g/mol. The summed E-state index contributed by atoms with van der Waals surface area (Å²) in [4.78, 5) is 13.5. The zero-order chi connectivity index (χ0) is 11.5. The van der Waals surface area contributed by atoms with E-state index in [1.54, 1.807) is 6.92 Å². The Hall–Kier alpha value is -1.09. The van der Waals surface area contributed by atoms with Gasteiger partial charge in [-0.15, -0.1) is 0 Å². The van der Waals surface area contributed by atoms with E-state index in [1.165, 1.54) is 0 Å². The number of ether oxygens (including phenoxy) is 1. The van der Waals surface area contributed by atoms with Gasteiger partial charge in [0.05, 0.1) is 11.8 Å². The molecule has 3 heteroatoms. The predicted octanol–water partition coefficient (Wildman–Crippen LogP) is 1.90. The molecule has 0 radical (unpaired) electrons. The minimum Gasteiger partial charge on any atom is -0.493 e. The molecule has 0 bridgehead atoms. The Kier molecular flexibility index (Phi) is 3.44. The van der Waals surface area contributed by atoms with Gasteiger partial charge in [-0.2, -0.15) is 0 Å². The summed E-state index contributed by atoms with van der Waals surface area (Å²) in [6.07, 6.45) is 9.27. The van der Waals surface area contributed by atoms with Gasteiger partial charge < -0.3 is 4.74 Å². The van der Waals surface area contributed by atoms with Crippen LogP contribution in [0.25, 0.3) is 0 Å². The molecule has 0 amide bonds. The minimum absolute atomic E-state index is 0.0460. The second-order valence-electron chi connectivity index (χ2n) is 4.64. The number of Topliss-reactive ketones (excluding diaryl/α,β-unsaturated/α-hetero) is 1. The zero-order valence-electron chi connectivity index (χ0n) is 9.98. The van der Waals surface area contributed by atoms with Crippen molar-refractivity contribution < 1.29 is 9.53 Å². The van der Waals surface area contributed by atoms with Gasteiger partial charge in [0.1, 0.15) is 11.9 Å². The van der Waals surface area contributed by atoms with Crippen molar-refractivity contribution in [2.24, 2.45) is 0 Å². The topological polar surface area (TPSA) is 29.5 Å². The third-order valence-electron chi connectivity index (χ3n) is 3.27. The van der Waals surface area contributed by atoms with E-state index in [2.05, 4.69) is 11.0 Å². The maximum absolute atomic E-state index is 11.4. The molecule has 2 rings (SSSR count). The van der Waals surface area contributed by atoms with E-state index in [0.29, 0.717) is 0 Å². The lowest BCUT2D eigenvalue weighted by atomic mass is 10.1. The number of allylic oxidation sites excluding steroid dienone is 4. The average molecular weight is 221 g/mol. The Morgan fingerprint density at radius 3 is 2.94 bits per heavy atom. The Balaban J connectivity index is 1.91. The average Bonchev–Trinajstić information content (AvgIpc) is 2.61. The number of nitrogens with zero attached hydrogens (tertiary/aromatic N) is 1. The number of hydrogen-bond acceptors (Lipinski definition) is 3. The molecule has 16 heavy (non-hydrogen) atoms. The van der Waals surface area contributed by atoms with Crippen LogP contribution in [0.3, 0.4) is 0 Å². The smallest absolute Gasteiger partial charge is 0.147 e. The lowest BCUT2D eigenvalue weighted by molar-refractivity contribution is -0.120. The van der Waals surface area contributed by atoms with E-state index in [4.69, 9.17) is 4.74 Å². The molecular formula is C13H19NO2. The summed E-state index contributed by atoms with van der Waals surface area (Å²) in [5.74, 6) is 1.30. The van der Waals surface area contributed by atoms with Gasteiger partial charge in [0.25, 0.3) is 0 Å². The summed E-state index contributed by atoms with van der Waals surface area (Å²) >= 11 is 0. The Morgan fingerprint density at radius 1 is 1.56 bits per heavy atom. The molecule has 1 aliphatic carbocycles.